The maximum atomic E-state index is 12.1. The van der Waals surface area contributed by atoms with Crippen LogP contribution >= 0.6 is 23.6 Å². The molecule has 1 aromatic rings. The van der Waals surface area contributed by atoms with Crippen LogP contribution in [0.25, 0.3) is 0 Å². The van der Waals surface area contributed by atoms with Crippen LogP contribution in [0.3, 0.4) is 0 Å². The number of likely N-dealkylation sites (tertiary alicyclic amines) is 1. The first kappa shape index (κ1) is 12.7. The molecule has 1 amide bonds. The van der Waals surface area contributed by atoms with Gasteiger partial charge in [-0.25, -0.2) is 0 Å². The number of hydrogen-bond acceptors (Lipinski definition) is 4. The molecular formula is C11H17N3OS2. The standard InChI is InChI=1S/C11H17N3OS2/c1-7-9(17-11(16)13-7)4-10(15)14-3-2-8(5-12)6-14/h8H,2-6,12H2,1H3,(H,13,16). The molecule has 1 aliphatic rings. The summed E-state index contributed by atoms with van der Waals surface area (Å²) < 4.78 is 0.742. The SMILES string of the molecule is Cc1[nH]c(=S)sc1CC(=O)N1CCC(CN)C1. The first-order valence-corrected chi connectivity index (χ1v) is 6.99. The average Bonchev–Trinajstić information content (AvgIpc) is 2.86. The van der Waals surface area contributed by atoms with E-state index in [0.29, 0.717) is 18.9 Å². The molecule has 1 unspecified atom stereocenters. The van der Waals surface area contributed by atoms with Crippen LogP contribution in [0.4, 0.5) is 0 Å². The number of aromatic amines is 1. The van der Waals surface area contributed by atoms with Gasteiger partial charge in [0.05, 0.1) is 6.42 Å². The minimum absolute atomic E-state index is 0.189. The van der Waals surface area contributed by atoms with Gasteiger partial charge in [0.2, 0.25) is 5.91 Å². The van der Waals surface area contributed by atoms with Gasteiger partial charge in [-0.3, -0.25) is 4.79 Å². The molecule has 0 radical (unpaired) electrons. The molecule has 6 heteroatoms. The van der Waals surface area contributed by atoms with Crippen LogP contribution in [-0.2, 0) is 11.2 Å². The number of aromatic nitrogens is 1. The molecule has 4 nitrogen and oxygen atoms in total. The van der Waals surface area contributed by atoms with E-state index in [0.717, 1.165) is 34.0 Å². The predicted molar refractivity (Wildman–Crippen MR) is 71.7 cm³/mol. The van der Waals surface area contributed by atoms with Gasteiger partial charge in [-0.1, -0.05) is 0 Å². The van der Waals surface area contributed by atoms with Crippen LogP contribution in [0.2, 0.25) is 0 Å². The summed E-state index contributed by atoms with van der Waals surface area (Å²) >= 11 is 6.56. The number of amides is 1. The van der Waals surface area contributed by atoms with Gasteiger partial charge in [0, 0.05) is 23.7 Å². The Hall–Kier alpha value is -0.720. The molecule has 1 atom stereocenters. The van der Waals surface area contributed by atoms with Crippen molar-refractivity contribution in [1.82, 2.24) is 9.88 Å². The van der Waals surface area contributed by atoms with Crippen LogP contribution < -0.4 is 5.73 Å². The van der Waals surface area contributed by atoms with Crippen molar-refractivity contribution in [2.24, 2.45) is 11.7 Å². The lowest BCUT2D eigenvalue weighted by atomic mass is 10.1. The zero-order chi connectivity index (χ0) is 12.4. The molecule has 94 valence electrons. The van der Waals surface area contributed by atoms with Crippen LogP contribution in [0.15, 0.2) is 0 Å². The van der Waals surface area contributed by atoms with E-state index in [1.54, 1.807) is 0 Å². The van der Waals surface area contributed by atoms with Gasteiger partial charge in [0.1, 0.15) is 0 Å². The van der Waals surface area contributed by atoms with Crippen molar-refractivity contribution in [1.29, 1.82) is 0 Å². The Kier molecular flexibility index (Phi) is 3.96. The molecule has 0 bridgehead atoms. The molecule has 1 saturated heterocycles. The number of nitrogens with one attached hydrogen (secondary N) is 1. The van der Waals surface area contributed by atoms with E-state index in [1.165, 1.54) is 11.3 Å². The summed E-state index contributed by atoms with van der Waals surface area (Å²) in [6.07, 6.45) is 1.49. The van der Waals surface area contributed by atoms with Crippen molar-refractivity contribution in [3.63, 3.8) is 0 Å². The Labute approximate surface area is 110 Å². The van der Waals surface area contributed by atoms with Gasteiger partial charge in [-0.15, -0.1) is 11.3 Å². The Morgan fingerprint density at radius 3 is 3.00 bits per heavy atom. The van der Waals surface area contributed by atoms with Crippen LogP contribution in [0.5, 0.6) is 0 Å². The number of H-pyrrole nitrogens is 1. The molecular weight excluding hydrogens is 254 g/mol. The highest BCUT2D eigenvalue weighted by molar-refractivity contribution is 7.73. The maximum Gasteiger partial charge on any atom is 0.227 e. The fourth-order valence-corrected chi connectivity index (χ4v) is 3.39. The van der Waals surface area contributed by atoms with Crippen molar-refractivity contribution >= 4 is 29.5 Å². The number of hydrogen-bond donors (Lipinski definition) is 2. The zero-order valence-corrected chi connectivity index (χ0v) is 11.5. The van der Waals surface area contributed by atoms with Crippen LogP contribution in [-0.4, -0.2) is 35.4 Å². The Bertz CT molecular complexity index is 466. The Balaban J connectivity index is 1.98. The van der Waals surface area contributed by atoms with E-state index < -0.39 is 0 Å². The van der Waals surface area contributed by atoms with Crippen LogP contribution in [0, 0.1) is 16.8 Å². The van der Waals surface area contributed by atoms with E-state index in [1.807, 2.05) is 11.8 Å². The van der Waals surface area contributed by atoms with Crippen molar-refractivity contribution in [2.45, 2.75) is 19.8 Å². The van der Waals surface area contributed by atoms with Gasteiger partial charge < -0.3 is 15.6 Å². The average molecular weight is 271 g/mol. The van der Waals surface area contributed by atoms with Crippen molar-refractivity contribution in [2.75, 3.05) is 19.6 Å². The lowest BCUT2D eigenvalue weighted by Gasteiger charge is -2.15. The van der Waals surface area contributed by atoms with Crippen molar-refractivity contribution in [3.05, 3.63) is 14.5 Å². The molecule has 17 heavy (non-hydrogen) atoms. The quantitative estimate of drug-likeness (QED) is 0.818. The topological polar surface area (TPSA) is 62.1 Å². The number of rotatable bonds is 3. The second-order valence-corrected chi connectivity index (χ2v) is 6.24. The first-order chi connectivity index (χ1) is 8.10. The van der Waals surface area contributed by atoms with Crippen molar-refractivity contribution in [3.8, 4) is 0 Å². The van der Waals surface area contributed by atoms with E-state index in [4.69, 9.17) is 18.0 Å². The highest BCUT2D eigenvalue weighted by Gasteiger charge is 2.25. The van der Waals surface area contributed by atoms with E-state index >= 15 is 0 Å². The zero-order valence-electron chi connectivity index (χ0n) is 9.86. The molecule has 1 aliphatic heterocycles. The summed E-state index contributed by atoms with van der Waals surface area (Å²) in [7, 11) is 0. The molecule has 1 aromatic heterocycles. The highest BCUT2D eigenvalue weighted by atomic mass is 32.1. The van der Waals surface area contributed by atoms with Gasteiger partial charge in [0.25, 0.3) is 0 Å². The van der Waals surface area contributed by atoms with Crippen LogP contribution in [0.1, 0.15) is 17.0 Å². The lowest BCUT2D eigenvalue weighted by Crippen LogP contribution is -2.31. The monoisotopic (exact) mass is 271 g/mol. The smallest absolute Gasteiger partial charge is 0.227 e. The second kappa shape index (κ2) is 5.29. The van der Waals surface area contributed by atoms with E-state index in [-0.39, 0.29) is 5.91 Å². The van der Waals surface area contributed by atoms with Crippen molar-refractivity contribution < 1.29 is 4.79 Å². The molecule has 1 fully saturated rings. The second-order valence-electron chi connectivity index (χ2n) is 4.47. The van der Waals surface area contributed by atoms with Gasteiger partial charge in [0.15, 0.2) is 3.95 Å². The fourth-order valence-electron chi connectivity index (χ4n) is 2.11. The normalized spacial score (nSPS) is 19.9. The molecule has 0 spiro atoms. The Morgan fingerprint density at radius 2 is 2.47 bits per heavy atom. The summed E-state index contributed by atoms with van der Waals surface area (Å²) in [4.78, 5) is 18.1. The van der Waals surface area contributed by atoms with Gasteiger partial charge in [-0.05, 0) is 38.0 Å². The number of carbonyl (C=O) groups is 1. The summed E-state index contributed by atoms with van der Waals surface area (Å²) in [5, 5.41) is 0. The summed E-state index contributed by atoms with van der Waals surface area (Å²) in [6.45, 7) is 4.28. The fraction of sp³-hybridized carbons (Fsp3) is 0.636. The summed E-state index contributed by atoms with van der Waals surface area (Å²) in [6, 6.07) is 0. The van der Waals surface area contributed by atoms with E-state index in [2.05, 4.69) is 4.98 Å². The maximum absolute atomic E-state index is 12.1. The van der Waals surface area contributed by atoms with Gasteiger partial charge in [-0.2, -0.15) is 0 Å². The third kappa shape index (κ3) is 2.94. The van der Waals surface area contributed by atoms with E-state index in [9.17, 15) is 4.79 Å². The summed E-state index contributed by atoms with van der Waals surface area (Å²) in [5.41, 5.74) is 6.64. The number of nitrogens with two attached hydrogens (primary N) is 1. The number of nitrogens with zero attached hydrogens (tertiary/aromatic N) is 1. The molecule has 0 aliphatic carbocycles. The largest absolute Gasteiger partial charge is 0.342 e. The minimum atomic E-state index is 0.189. The molecule has 0 aromatic carbocycles. The number of carbonyl (C=O) groups excluding carboxylic acids is 1. The predicted octanol–water partition coefficient (Wildman–Crippen LogP) is 1.46. The number of thiazole rings is 1. The third-order valence-corrected chi connectivity index (χ3v) is 4.54. The Morgan fingerprint density at radius 1 is 1.71 bits per heavy atom. The first-order valence-electron chi connectivity index (χ1n) is 5.76. The number of aryl methyl sites for hydroxylation is 1. The summed E-state index contributed by atoms with van der Waals surface area (Å²) in [5.74, 6) is 0.666. The van der Waals surface area contributed by atoms with Gasteiger partial charge >= 0.3 is 0 Å². The molecule has 2 heterocycles. The highest BCUT2D eigenvalue weighted by Crippen LogP contribution is 2.19. The molecule has 2 rings (SSSR count). The molecule has 0 saturated carbocycles. The lowest BCUT2D eigenvalue weighted by molar-refractivity contribution is -0.129. The molecule has 3 N–H and O–H groups in total. The third-order valence-electron chi connectivity index (χ3n) is 3.21. The minimum Gasteiger partial charge on any atom is -0.342 e.